The topological polar surface area (TPSA) is 25.2 Å². The summed E-state index contributed by atoms with van der Waals surface area (Å²) >= 11 is 0. The molecule has 2 unspecified atom stereocenters. The Bertz CT molecular complexity index is 3520. The monoisotopic (exact) mass is 764 g/mol. The molecule has 0 amide bonds. The van der Waals surface area contributed by atoms with Crippen molar-refractivity contribution in [1.82, 2.24) is 4.98 Å². The lowest BCUT2D eigenvalue weighted by Gasteiger charge is -2.24. The Kier molecular flexibility index (Phi) is 8.16. The van der Waals surface area contributed by atoms with Crippen LogP contribution >= 0.6 is 0 Å². The molecular weight excluding hydrogens is 725 g/mol. The maximum Gasteiger partial charge on any atom is 0.0954 e. The number of rotatable bonds is 5. The Morgan fingerprint density at radius 3 is 1.78 bits per heavy atom. The predicted octanol–water partition coefficient (Wildman–Crippen LogP) is 13.7. The molecule has 0 spiro atoms. The number of fused-ring (bicyclic) bond motifs is 6. The molecule has 9 aromatic carbocycles. The first kappa shape index (κ1) is 34.6. The minimum atomic E-state index is 0.0287. The zero-order valence-electron chi connectivity index (χ0n) is 33.1. The maximum absolute atomic E-state index is 5.32. The van der Waals surface area contributed by atoms with Gasteiger partial charge in [0, 0.05) is 17.7 Å². The molecule has 282 valence electrons. The summed E-state index contributed by atoms with van der Waals surface area (Å²) in [7, 11) is 0. The second-order valence-electron chi connectivity index (χ2n) is 16.3. The summed E-state index contributed by atoms with van der Waals surface area (Å²) in [6.45, 7) is 0. The molecule has 1 aliphatic carbocycles. The average Bonchev–Trinajstić information content (AvgIpc) is 3.32. The Morgan fingerprint density at radius 2 is 1.03 bits per heavy atom. The van der Waals surface area contributed by atoms with Gasteiger partial charge in [0.25, 0.3) is 0 Å². The third-order valence-electron chi connectivity index (χ3n) is 12.9. The fourth-order valence-electron chi connectivity index (χ4n) is 10.2. The molecular formula is C58H40N2. The molecule has 1 aliphatic heterocycles. The molecule has 60 heavy (non-hydrogen) atoms. The van der Waals surface area contributed by atoms with Crippen molar-refractivity contribution in [3.63, 3.8) is 0 Å². The summed E-state index contributed by atoms with van der Waals surface area (Å²) in [5.74, 6) is 0.239. The van der Waals surface area contributed by atoms with Crippen molar-refractivity contribution in [3.05, 3.63) is 210 Å². The fraction of sp³-hybridized carbons (Fsp3) is 0.0690. The van der Waals surface area contributed by atoms with E-state index < -0.39 is 0 Å². The van der Waals surface area contributed by atoms with Crippen molar-refractivity contribution in [1.29, 1.82) is 0 Å². The lowest BCUT2D eigenvalue weighted by atomic mass is 9.79. The fourth-order valence-corrected chi connectivity index (χ4v) is 10.2. The molecule has 2 aliphatic rings. The summed E-state index contributed by atoms with van der Waals surface area (Å²) in [5.41, 5.74) is 9.51. The van der Waals surface area contributed by atoms with Gasteiger partial charge in [-0.2, -0.15) is 0 Å². The standard InChI is InChI=1S/C58H40N2/c1-3-16-39-34-41(29-27-37(39)14-1)55-44-18-5-6-19-45(44)57(42-30-28-38-15-2-4-17-40(38)35-42)51-36-43(31-32-50(51)55)56-46-20-7-9-22-48(46)58(49-23-10-8-21-47(49)56)54-26-13-25-53(60-54)52-24-11-12-33-59-52/h1-23,25-28,30-36,41,52H,24,29H2. The van der Waals surface area contributed by atoms with E-state index in [9.17, 15) is 0 Å². The van der Waals surface area contributed by atoms with E-state index in [0.29, 0.717) is 0 Å². The van der Waals surface area contributed by atoms with Gasteiger partial charge in [-0.25, -0.2) is 0 Å². The van der Waals surface area contributed by atoms with Crippen LogP contribution in [-0.4, -0.2) is 11.2 Å². The molecule has 12 rings (SSSR count). The van der Waals surface area contributed by atoms with Crippen LogP contribution in [0.4, 0.5) is 0 Å². The van der Waals surface area contributed by atoms with Crippen molar-refractivity contribution in [2.24, 2.45) is 4.99 Å². The van der Waals surface area contributed by atoms with Crippen molar-refractivity contribution in [2.75, 3.05) is 0 Å². The minimum absolute atomic E-state index is 0.0287. The summed E-state index contributed by atoms with van der Waals surface area (Å²) in [6.07, 6.45) is 12.8. The third kappa shape index (κ3) is 5.63. The van der Waals surface area contributed by atoms with E-state index in [0.717, 1.165) is 29.8 Å². The number of benzene rings is 9. The SMILES string of the molecule is C1=CCC(c2cccc(-c3c4ccccc4c(-c4ccc5c(C6C=c7ccccc7=CC6)c6ccccc6c(-c6ccc7ccccc7c6)c5c4)c4ccccc34)n2)N=C1. The van der Waals surface area contributed by atoms with E-state index in [1.165, 1.54) is 92.1 Å². The van der Waals surface area contributed by atoms with E-state index in [4.69, 9.17) is 9.98 Å². The summed E-state index contributed by atoms with van der Waals surface area (Å²) < 4.78 is 0. The summed E-state index contributed by atoms with van der Waals surface area (Å²) in [5, 5.41) is 15.1. The molecule has 0 fully saturated rings. The number of aromatic nitrogens is 1. The lowest BCUT2D eigenvalue weighted by Crippen LogP contribution is -2.27. The molecule has 2 heteroatoms. The highest BCUT2D eigenvalue weighted by atomic mass is 14.8. The highest BCUT2D eigenvalue weighted by Crippen LogP contribution is 2.48. The highest BCUT2D eigenvalue weighted by Gasteiger charge is 2.24. The first-order valence-electron chi connectivity index (χ1n) is 21.1. The molecule has 10 aromatic rings. The van der Waals surface area contributed by atoms with Crippen LogP contribution in [0.3, 0.4) is 0 Å². The van der Waals surface area contributed by atoms with Gasteiger partial charge in [-0.1, -0.05) is 170 Å². The predicted molar refractivity (Wildman–Crippen MR) is 255 cm³/mol. The highest BCUT2D eigenvalue weighted by molar-refractivity contribution is 6.23. The van der Waals surface area contributed by atoms with Crippen LogP contribution in [-0.2, 0) is 0 Å². The Morgan fingerprint density at radius 1 is 0.433 bits per heavy atom. The van der Waals surface area contributed by atoms with E-state index in [2.05, 4.69) is 194 Å². The van der Waals surface area contributed by atoms with Gasteiger partial charge >= 0.3 is 0 Å². The van der Waals surface area contributed by atoms with Gasteiger partial charge in [0.15, 0.2) is 0 Å². The Balaban J connectivity index is 1.15. The van der Waals surface area contributed by atoms with Gasteiger partial charge in [0.2, 0.25) is 0 Å². The Labute approximate surface area is 348 Å². The number of allylic oxidation sites excluding steroid dienone is 1. The van der Waals surface area contributed by atoms with E-state index in [1.54, 1.807) is 0 Å². The van der Waals surface area contributed by atoms with Crippen LogP contribution in [0.2, 0.25) is 0 Å². The molecule has 0 radical (unpaired) electrons. The maximum atomic E-state index is 5.32. The van der Waals surface area contributed by atoms with E-state index in [1.807, 2.05) is 12.3 Å². The number of hydrogen-bond acceptors (Lipinski definition) is 2. The van der Waals surface area contributed by atoms with E-state index >= 15 is 0 Å². The van der Waals surface area contributed by atoms with Crippen LogP contribution < -0.4 is 10.4 Å². The van der Waals surface area contributed by atoms with E-state index in [-0.39, 0.29) is 12.0 Å². The average molecular weight is 765 g/mol. The number of dihydropyridines is 1. The number of aliphatic imine (C=N–C) groups is 1. The normalized spacial score (nSPS) is 16.0. The first-order valence-corrected chi connectivity index (χ1v) is 21.1. The van der Waals surface area contributed by atoms with Gasteiger partial charge in [0.1, 0.15) is 0 Å². The van der Waals surface area contributed by atoms with Gasteiger partial charge in [0.05, 0.1) is 17.4 Å². The van der Waals surface area contributed by atoms with Crippen LogP contribution in [0, 0.1) is 0 Å². The molecule has 2 atom stereocenters. The first-order chi connectivity index (χ1) is 29.8. The van der Waals surface area contributed by atoms with Crippen LogP contribution in [0.5, 0.6) is 0 Å². The zero-order chi connectivity index (χ0) is 39.6. The summed E-state index contributed by atoms with van der Waals surface area (Å²) in [4.78, 5) is 10.1. The number of pyridine rings is 1. The molecule has 1 aromatic heterocycles. The molecule has 0 bridgehead atoms. The number of nitrogens with zero attached hydrogens (tertiary/aromatic N) is 2. The molecule has 0 saturated carbocycles. The molecule has 0 saturated heterocycles. The quantitative estimate of drug-likeness (QED) is 0.160. The van der Waals surface area contributed by atoms with Crippen molar-refractivity contribution in [2.45, 2.75) is 24.8 Å². The van der Waals surface area contributed by atoms with Crippen LogP contribution in [0.1, 0.15) is 36.1 Å². The number of hydrogen-bond donors (Lipinski definition) is 0. The smallest absolute Gasteiger partial charge is 0.0954 e. The Hall–Kier alpha value is -7.42. The van der Waals surface area contributed by atoms with Crippen LogP contribution in [0.15, 0.2) is 193 Å². The summed E-state index contributed by atoms with van der Waals surface area (Å²) in [6, 6.07) is 65.2. The van der Waals surface area contributed by atoms with Gasteiger partial charge < -0.3 is 0 Å². The minimum Gasteiger partial charge on any atom is -0.283 e. The molecule has 0 N–H and O–H groups in total. The van der Waals surface area contributed by atoms with Gasteiger partial charge in [-0.05, 0) is 135 Å². The largest absolute Gasteiger partial charge is 0.283 e. The second kappa shape index (κ2) is 14.1. The third-order valence-corrected chi connectivity index (χ3v) is 12.9. The van der Waals surface area contributed by atoms with Crippen molar-refractivity contribution >= 4 is 72.2 Å². The van der Waals surface area contributed by atoms with Crippen molar-refractivity contribution < 1.29 is 0 Å². The molecule has 2 nitrogen and oxygen atoms in total. The molecule has 2 heterocycles. The second-order valence-corrected chi connectivity index (χ2v) is 16.3. The van der Waals surface area contributed by atoms with Crippen molar-refractivity contribution in [3.8, 4) is 33.5 Å². The lowest BCUT2D eigenvalue weighted by molar-refractivity contribution is 0.714. The zero-order valence-corrected chi connectivity index (χ0v) is 33.1. The van der Waals surface area contributed by atoms with Gasteiger partial charge in [-0.15, -0.1) is 0 Å². The van der Waals surface area contributed by atoms with Gasteiger partial charge in [-0.3, -0.25) is 9.98 Å². The van der Waals surface area contributed by atoms with Crippen LogP contribution in [0.25, 0.3) is 99.5 Å².